The standard InChI is InChI=1S/C14H12ClNO4/c1-9(17)10-2-4-11(5-3-10)20-12-6-7-14(16(18)19)13(15)8-12/h2-9,17H,1H3. The van der Waals surface area contributed by atoms with Crippen molar-refractivity contribution in [2.75, 3.05) is 0 Å². The molecule has 0 saturated heterocycles. The number of nitrogens with zero attached hydrogens (tertiary/aromatic N) is 1. The number of halogens is 1. The maximum atomic E-state index is 10.6. The largest absolute Gasteiger partial charge is 0.457 e. The van der Waals surface area contributed by atoms with Crippen LogP contribution in [0, 0.1) is 10.1 Å². The summed E-state index contributed by atoms with van der Waals surface area (Å²) in [6, 6.07) is 11.1. The van der Waals surface area contributed by atoms with E-state index < -0.39 is 11.0 Å². The predicted molar refractivity (Wildman–Crippen MR) is 75.3 cm³/mol. The van der Waals surface area contributed by atoms with Crippen LogP contribution in [0.15, 0.2) is 42.5 Å². The van der Waals surface area contributed by atoms with Gasteiger partial charge in [-0.2, -0.15) is 0 Å². The Morgan fingerprint density at radius 1 is 1.20 bits per heavy atom. The fraction of sp³-hybridized carbons (Fsp3) is 0.143. The van der Waals surface area contributed by atoms with Gasteiger partial charge in [-0.1, -0.05) is 23.7 Å². The Bertz CT molecular complexity index is 626. The molecule has 20 heavy (non-hydrogen) atoms. The number of aliphatic hydroxyl groups is 1. The van der Waals surface area contributed by atoms with Crippen LogP contribution in [0.5, 0.6) is 11.5 Å². The van der Waals surface area contributed by atoms with Gasteiger partial charge in [0.15, 0.2) is 0 Å². The Labute approximate surface area is 120 Å². The molecule has 0 bridgehead atoms. The molecule has 1 unspecified atom stereocenters. The zero-order valence-electron chi connectivity index (χ0n) is 10.6. The number of nitro benzene ring substituents is 1. The molecule has 0 aliphatic rings. The number of benzene rings is 2. The van der Waals surface area contributed by atoms with E-state index >= 15 is 0 Å². The highest BCUT2D eigenvalue weighted by atomic mass is 35.5. The number of aliphatic hydroxyl groups excluding tert-OH is 1. The van der Waals surface area contributed by atoms with Crippen molar-refractivity contribution in [1.82, 2.24) is 0 Å². The Morgan fingerprint density at radius 3 is 2.30 bits per heavy atom. The monoisotopic (exact) mass is 293 g/mol. The van der Waals surface area contributed by atoms with Crippen LogP contribution < -0.4 is 4.74 Å². The minimum atomic E-state index is -0.552. The molecule has 0 aliphatic carbocycles. The van der Waals surface area contributed by atoms with Crippen LogP contribution in [0.1, 0.15) is 18.6 Å². The molecule has 0 saturated carbocycles. The minimum absolute atomic E-state index is 0.0214. The number of nitro groups is 1. The van der Waals surface area contributed by atoms with E-state index in [2.05, 4.69) is 0 Å². The van der Waals surface area contributed by atoms with Crippen LogP contribution >= 0.6 is 11.6 Å². The van der Waals surface area contributed by atoms with E-state index in [0.29, 0.717) is 11.5 Å². The smallest absolute Gasteiger partial charge is 0.288 e. The van der Waals surface area contributed by atoms with Crippen molar-refractivity contribution >= 4 is 17.3 Å². The topological polar surface area (TPSA) is 72.6 Å². The molecule has 2 rings (SSSR count). The summed E-state index contributed by atoms with van der Waals surface area (Å²) in [6.45, 7) is 1.67. The molecular weight excluding hydrogens is 282 g/mol. The van der Waals surface area contributed by atoms with Gasteiger partial charge in [-0.25, -0.2) is 0 Å². The number of hydrogen-bond donors (Lipinski definition) is 1. The molecule has 6 heteroatoms. The Balaban J connectivity index is 2.17. The van der Waals surface area contributed by atoms with Crippen LogP contribution in [0.3, 0.4) is 0 Å². The second-order valence-electron chi connectivity index (χ2n) is 4.22. The van der Waals surface area contributed by atoms with Gasteiger partial charge in [-0.05, 0) is 30.7 Å². The second kappa shape index (κ2) is 5.90. The fourth-order valence-electron chi connectivity index (χ4n) is 1.65. The van der Waals surface area contributed by atoms with Crippen LogP contribution in [0.4, 0.5) is 5.69 Å². The summed E-state index contributed by atoms with van der Waals surface area (Å²) in [5.74, 6) is 0.963. The fourth-order valence-corrected chi connectivity index (χ4v) is 1.89. The Hall–Kier alpha value is -2.11. The molecule has 0 radical (unpaired) electrons. The maximum absolute atomic E-state index is 10.6. The predicted octanol–water partition coefficient (Wildman–Crippen LogP) is 4.09. The SMILES string of the molecule is CC(O)c1ccc(Oc2ccc([N+](=O)[O-])c(Cl)c2)cc1. The highest BCUT2D eigenvalue weighted by Gasteiger charge is 2.12. The zero-order chi connectivity index (χ0) is 14.7. The molecule has 1 atom stereocenters. The molecule has 1 N–H and O–H groups in total. The van der Waals surface area contributed by atoms with Gasteiger partial charge in [0.25, 0.3) is 5.69 Å². The maximum Gasteiger partial charge on any atom is 0.288 e. The summed E-state index contributed by atoms with van der Waals surface area (Å²) < 4.78 is 5.54. The second-order valence-corrected chi connectivity index (χ2v) is 4.62. The highest BCUT2D eigenvalue weighted by Crippen LogP contribution is 2.31. The van der Waals surface area contributed by atoms with Gasteiger partial charge in [0.2, 0.25) is 0 Å². The first-order valence-electron chi connectivity index (χ1n) is 5.87. The molecule has 0 aliphatic heterocycles. The van der Waals surface area contributed by atoms with Crippen LogP contribution in [-0.4, -0.2) is 10.0 Å². The third-order valence-corrected chi connectivity index (χ3v) is 3.02. The average molecular weight is 294 g/mol. The van der Waals surface area contributed by atoms with Crippen molar-refractivity contribution in [3.05, 3.63) is 63.2 Å². The summed E-state index contributed by atoms with van der Waals surface area (Å²) in [5, 5.41) is 20.1. The van der Waals surface area contributed by atoms with Crippen LogP contribution in [0.25, 0.3) is 0 Å². The van der Waals surface area contributed by atoms with E-state index in [1.54, 1.807) is 31.2 Å². The quantitative estimate of drug-likeness (QED) is 0.680. The molecule has 104 valence electrons. The van der Waals surface area contributed by atoms with Gasteiger partial charge >= 0.3 is 0 Å². The van der Waals surface area contributed by atoms with Crippen LogP contribution in [0.2, 0.25) is 5.02 Å². The molecule has 0 spiro atoms. The lowest BCUT2D eigenvalue weighted by Gasteiger charge is -2.08. The van der Waals surface area contributed by atoms with Gasteiger partial charge in [0, 0.05) is 12.1 Å². The minimum Gasteiger partial charge on any atom is -0.457 e. The summed E-state index contributed by atoms with van der Waals surface area (Å²) in [5.41, 5.74) is 0.613. The lowest BCUT2D eigenvalue weighted by Crippen LogP contribution is -1.92. The van der Waals surface area contributed by atoms with Crippen molar-refractivity contribution in [2.45, 2.75) is 13.0 Å². The summed E-state index contributed by atoms with van der Waals surface area (Å²) in [7, 11) is 0. The third-order valence-electron chi connectivity index (χ3n) is 2.71. The number of ether oxygens (including phenoxy) is 1. The summed E-state index contributed by atoms with van der Waals surface area (Å²) in [4.78, 5) is 10.1. The third kappa shape index (κ3) is 3.26. The van der Waals surface area contributed by atoms with Crippen molar-refractivity contribution in [3.8, 4) is 11.5 Å². The van der Waals surface area contributed by atoms with Crippen LogP contribution in [-0.2, 0) is 0 Å². The molecule has 5 nitrogen and oxygen atoms in total. The van der Waals surface area contributed by atoms with E-state index in [-0.39, 0.29) is 10.7 Å². The van der Waals surface area contributed by atoms with Gasteiger partial charge < -0.3 is 9.84 Å². The first kappa shape index (κ1) is 14.3. The normalized spacial score (nSPS) is 11.9. The Morgan fingerprint density at radius 2 is 1.80 bits per heavy atom. The van der Waals surface area contributed by atoms with Gasteiger partial charge in [0.05, 0.1) is 11.0 Å². The lowest BCUT2D eigenvalue weighted by atomic mass is 10.1. The average Bonchev–Trinajstić information content (AvgIpc) is 2.39. The lowest BCUT2D eigenvalue weighted by molar-refractivity contribution is -0.384. The first-order chi connectivity index (χ1) is 9.47. The molecular formula is C14H12ClNO4. The van der Waals surface area contributed by atoms with E-state index in [4.69, 9.17) is 16.3 Å². The Kier molecular flexibility index (Phi) is 4.22. The van der Waals surface area contributed by atoms with Crippen molar-refractivity contribution < 1.29 is 14.8 Å². The van der Waals surface area contributed by atoms with Gasteiger partial charge in [-0.15, -0.1) is 0 Å². The number of hydrogen-bond acceptors (Lipinski definition) is 4. The first-order valence-corrected chi connectivity index (χ1v) is 6.25. The van der Waals surface area contributed by atoms with E-state index in [1.807, 2.05) is 0 Å². The zero-order valence-corrected chi connectivity index (χ0v) is 11.4. The molecule has 0 heterocycles. The molecule has 0 fully saturated rings. The van der Waals surface area contributed by atoms with E-state index in [9.17, 15) is 15.2 Å². The molecule has 0 amide bonds. The molecule has 0 aromatic heterocycles. The molecule has 2 aromatic carbocycles. The number of rotatable bonds is 4. The molecule has 2 aromatic rings. The highest BCUT2D eigenvalue weighted by molar-refractivity contribution is 6.32. The van der Waals surface area contributed by atoms with E-state index in [1.165, 1.54) is 18.2 Å². The van der Waals surface area contributed by atoms with Crippen molar-refractivity contribution in [3.63, 3.8) is 0 Å². The summed E-state index contributed by atoms with van der Waals surface area (Å²) in [6.07, 6.45) is -0.544. The van der Waals surface area contributed by atoms with Gasteiger partial charge in [-0.3, -0.25) is 10.1 Å². The van der Waals surface area contributed by atoms with E-state index in [0.717, 1.165) is 5.56 Å². The summed E-state index contributed by atoms with van der Waals surface area (Å²) >= 11 is 5.80. The van der Waals surface area contributed by atoms with Crippen molar-refractivity contribution in [1.29, 1.82) is 0 Å². The van der Waals surface area contributed by atoms with Crippen molar-refractivity contribution in [2.24, 2.45) is 0 Å². The van der Waals surface area contributed by atoms with Gasteiger partial charge in [0.1, 0.15) is 16.5 Å².